The van der Waals surface area contributed by atoms with Crippen LogP contribution in [0.3, 0.4) is 0 Å². The van der Waals surface area contributed by atoms with Crippen molar-refractivity contribution in [1.29, 1.82) is 0 Å². The average Bonchev–Trinajstić information content (AvgIpc) is 2.75. The Morgan fingerprint density at radius 2 is 2.20 bits per heavy atom. The minimum absolute atomic E-state index is 0.399. The first-order valence-corrected chi connectivity index (χ1v) is 7.80. The molecule has 2 aromatic rings. The Morgan fingerprint density at radius 3 is 2.75 bits per heavy atom. The first-order chi connectivity index (χ1) is 9.54. The van der Waals surface area contributed by atoms with Crippen molar-refractivity contribution >= 4 is 34.7 Å². The Labute approximate surface area is 128 Å². The van der Waals surface area contributed by atoms with Crippen LogP contribution in [0.2, 0.25) is 0 Å². The number of hydrogen-bond donors (Lipinski definition) is 2. The lowest BCUT2D eigenvalue weighted by atomic mass is 10.1. The van der Waals surface area contributed by atoms with Crippen molar-refractivity contribution < 1.29 is 4.52 Å². The Hall–Kier alpha value is -1.53. The molecule has 1 aromatic heterocycles. The maximum atomic E-state index is 5.85. The number of aryl methyl sites for hydroxylation is 2. The zero-order valence-corrected chi connectivity index (χ0v) is 13.3. The van der Waals surface area contributed by atoms with Gasteiger partial charge in [-0.3, -0.25) is 0 Å². The number of aromatic nitrogens is 1. The summed E-state index contributed by atoms with van der Waals surface area (Å²) in [6, 6.07) is 5.98. The molecule has 0 fully saturated rings. The fraction of sp³-hybridized carbons (Fsp3) is 0.286. The van der Waals surface area contributed by atoms with E-state index in [1.54, 1.807) is 11.8 Å². The highest BCUT2D eigenvalue weighted by molar-refractivity contribution is 7.98. The van der Waals surface area contributed by atoms with Gasteiger partial charge in [0.15, 0.2) is 0 Å². The molecule has 0 bridgehead atoms. The predicted octanol–water partition coefficient (Wildman–Crippen LogP) is 3.26. The first-order valence-electron chi connectivity index (χ1n) is 6.17. The molecule has 3 N–H and O–H groups in total. The third kappa shape index (κ3) is 2.96. The molecule has 0 aliphatic rings. The van der Waals surface area contributed by atoms with E-state index in [-0.39, 0.29) is 0 Å². The van der Waals surface area contributed by atoms with Crippen molar-refractivity contribution in [3.63, 3.8) is 0 Å². The second-order valence-electron chi connectivity index (χ2n) is 4.40. The highest BCUT2D eigenvalue weighted by Crippen LogP contribution is 2.27. The molecule has 1 aromatic carbocycles. The van der Waals surface area contributed by atoms with Gasteiger partial charge in [0.2, 0.25) is 0 Å². The van der Waals surface area contributed by atoms with Crippen LogP contribution >= 0.6 is 24.0 Å². The van der Waals surface area contributed by atoms with E-state index in [9.17, 15) is 0 Å². The van der Waals surface area contributed by atoms with Gasteiger partial charge in [-0.15, -0.1) is 11.8 Å². The summed E-state index contributed by atoms with van der Waals surface area (Å²) in [5, 5.41) is 7.32. The number of thiocarbonyl (C=S) groups is 1. The predicted molar refractivity (Wildman–Crippen MR) is 87.4 cm³/mol. The molecule has 0 amide bonds. The minimum Gasteiger partial charge on any atom is -0.389 e. The molecule has 0 spiro atoms. The maximum Gasteiger partial charge on any atom is 0.138 e. The molecular formula is C14H17N3OS2. The molecule has 0 radical (unpaired) electrons. The van der Waals surface area contributed by atoms with E-state index in [2.05, 4.69) is 10.5 Å². The Kier molecular flexibility index (Phi) is 4.67. The van der Waals surface area contributed by atoms with Crippen molar-refractivity contribution in [2.45, 2.75) is 25.3 Å². The summed E-state index contributed by atoms with van der Waals surface area (Å²) in [5.74, 6) is 0.827. The van der Waals surface area contributed by atoms with E-state index >= 15 is 0 Å². The SMILES string of the molecule is CSc1cccc(NCc2c(C)noc2C)c1C(N)=S. The highest BCUT2D eigenvalue weighted by Gasteiger charge is 2.13. The molecule has 6 heteroatoms. The van der Waals surface area contributed by atoms with E-state index in [4.69, 9.17) is 22.5 Å². The van der Waals surface area contributed by atoms with Gasteiger partial charge in [-0.05, 0) is 32.2 Å². The third-order valence-electron chi connectivity index (χ3n) is 3.13. The van der Waals surface area contributed by atoms with Gasteiger partial charge in [0, 0.05) is 28.3 Å². The van der Waals surface area contributed by atoms with Gasteiger partial charge < -0.3 is 15.6 Å². The molecule has 0 aliphatic heterocycles. The summed E-state index contributed by atoms with van der Waals surface area (Å²) in [4.78, 5) is 1.47. The van der Waals surface area contributed by atoms with Crippen molar-refractivity contribution in [3.8, 4) is 0 Å². The zero-order valence-electron chi connectivity index (χ0n) is 11.7. The lowest BCUT2D eigenvalue weighted by molar-refractivity contribution is 0.392. The van der Waals surface area contributed by atoms with E-state index in [1.165, 1.54) is 0 Å². The highest BCUT2D eigenvalue weighted by atomic mass is 32.2. The van der Waals surface area contributed by atoms with Crippen molar-refractivity contribution in [1.82, 2.24) is 5.16 Å². The second-order valence-corrected chi connectivity index (χ2v) is 5.69. The average molecular weight is 307 g/mol. The Bertz CT molecular complexity index is 618. The summed E-state index contributed by atoms with van der Waals surface area (Å²) in [5.41, 5.74) is 9.63. The Morgan fingerprint density at radius 1 is 1.45 bits per heavy atom. The molecule has 0 saturated heterocycles. The first kappa shape index (κ1) is 14.9. The number of hydrogen-bond acceptors (Lipinski definition) is 5. The van der Waals surface area contributed by atoms with Crippen LogP contribution < -0.4 is 11.1 Å². The van der Waals surface area contributed by atoms with Gasteiger partial charge >= 0.3 is 0 Å². The molecule has 0 atom stereocenters. The van der Waals surface area contributed by atoms with Crippen molar-refractivity contribution in [3.05, 3.63) is 40.8 Å². The van der Waals surface area contributed by atoms with E-state index in [1.807, 2.05) is 38.3 Å². The van der Waals surface area contributed by atoms with Gasteiger partial charge in [0.05, 0.1) is 5.69 Å². The van der Waals surface area contributed by atoms with Crippen LogP contribution in [0.4, 0.5) is 5.69 Å². The molecule has 4 nitrogen and oxygen atoms in total. The number of nitrogens with one attached hydrogen (secondary N) is 1. The van der Waals surface area contributed by atoms with E-state index in [0.29, 0.717) is 11.5 Å². The number of nitrogens with zero attached hydrogens (tertiary/aromatic N) is 1. The normalized spacial score (nSPS) is 10.6. The summed E-state index contributed by atoms with van der Waals surface area (Å²) in [6.45, 7) is 4.47. The topological polar surface area (TPSA) is 64.1 Å². The molecule has 106 valence electrons. The third-order valence-corrected chi connectivity index (χ3v) is 4.11. The van der Waals surface area contributed by atoms with Gasteiger partial charge in [0.25, 0.3) is 0 Å². The number of rotatable bonds is 5. The molecular weight excluding hydrogens is 290 g/mol. The fourth-order valence-corrected chi connectivity index (χ4v) is 2.96. The molecule has 1 heterocycles. The summed E-state index contributed by atoms with van der Waals surface area (Å²) >= 11 is 6.79. The number of thioether (sulfide) groups is 1. The number of anilines is 1. The fourth-order valence-electron chi connectivity index (χ4n) is 2.04. The minimum atomic E-state index is 0.399. The van der Waals surface area contributed by atoms with Gasteiger partial charge in [-0.1, -0.05) is 23.4 Å². The largest absolute Gasteiger partial charge is 0.389 e. The molecule has 2 rings (SSSR count). The molecule has 20 heavy (non-hydrogen) atoms. The van der Waals surface area contributed by atoms with Crippen LogP contribution in [0.25, 0.3) is 0 Å². The lowest BCUT2D eigenvalue weighted by Crippen LogP contribution is -2.14. The quantitative estimate of drug-likeness (QED) is 0.653. The number of benzene rings is 1. The summed E-state index contributed by atoms with van der Waals surface area (Å²) in [7, 11) is 0. The van der Waals surface area contributed by atoms with Crippen LogP contribution in [0.1, 0.15) is 22.6 Å². The molecule has 0 unspecified atom stereocenters. The van der Waals surface area contributed by atoms with Crippen molar-refractivity contribution in [2.75, 3.05) is 11.6 Å². The monoisotopic (exact) mass is 307 g/mol. The summed E-state index contributed by atoms with van der Waals surface area (Å²) < 4.78 is 5.16. The van der Waals surface area contributed by atoms with E-state index in [0.717, 1.165) is 33.2 Å². The second kappa shape index (κ2) is 6.28. The van der Waals surface area contributed by atoms with Crippen LogP contribution in [-0.2, 0) is 6.54 Å². The van der Waals surface area contributed by atoms with Gasteiger partial charge in [0.1, 0.15) is 10.7 Å². The van der Waals surface area contributed by atoms with Gasteiger partial charge in [-0.25, -0.2) is 0 Å². The lowest BCUT2D eigenvalue weighted by Gasteiger charge is -2.14. The van der Waals surface area contributed by atoms with Crippen molar-refractivity contribution in [2.24, 2.45) is 5.73 Å². The van der Waals surface area contributed by atoms with Crippen LogP contribution in [0.15, 0.2) is 27.6 Å². The maximum absolute atomic E-state index is 5.85. The van der Waals surface area contributed by atoms with Crippen LogP contribution in [-0.4, -0.2) is 16.4 Å². The van der Waals surface area contributed by atoms with Gasteiger partial charge in [-0.2, -0.15) is 0 Å². The van der Waals surface area contributed by atoms with E-state index < -0.39 is 0 Å². The summed E-state index contributed by atoms with van der Waals surface area (Å²) in [6.07, 6.45) is 2.01. The van der Waals surface area contributed by atoms with Crippen LogP contribution in [0, 0.1) is 13.8 Å². The Balaban J connectivity index is 2.28. The smallest absolute Gasteiger partial charge is 0.138 e. The zero-order chi connectivity index (χ0) is 14.7. The van der Waals surface area contributed by atoms with Crippen LogP contribution in [0.5, 0.6) is 0 Å². The molecule has 0 saturated carbocycles. The standard InChI is InChI=1S/C14H17N3OS2/c1-8-10(9(2)18-17-8)7-16-11-5-4-6-12(20-3)13(11)14(15)19/h4-6,16H,7H2,1-3H3,(H2,15,19). The molecule has 0 aliphatic carbocycles. The number of nitrogens with two attached hydrogens (primary N) is 1.